The third-order valence-electron chi connectivity index (χ3n) is 22.1. The van der Waals surface area contributed by atoms with Gasteiger partial charge in [0.1, 0.15) is 0 Å². The van der Waals surface area contributed by atoms with Crippen LogP contribution in [0.15, 0.2) is 220 Å². The number of hydrogen-bond acceptors (Lipinski definition) is 35. The lowest BCUT2D eigenvalue weighted by Crippen LogP contribution is -2.39. The Morgan fingerprint density at radius 2 is 0.744 bits per heavy atom. The average Bonchev–Trinajstić information content (AvgIpc) is 1.68. The second-order valence-electron chi connectivity index (χ2n) is 31.8. The molecule has 13 heterocycles. The smallest absolute Gasteiger partial charge is 0.229 e. The fourth-order valence-electron chi connectivity index (χ4n) is 14.4. The zero-order valence-corrected chi connectivity index (χ0v) is 74.2. The molecule has 1 saturated heterocycles. The van der Waals surface area contributed by atoms with Crippen molar-refractivity contribution >= 4 is 70.2 Å². The van der Waals surface area contributed by atoms with Crippen molar-refractivity contribution < 1.29 is 51.1 Å². The summed E-state index contributed by atoms with van der Waals surface area (Å²) in [6.45, 7) is 10.9. The SMILES string of the molecule is CC(C)c1cnn2c(NCc3ccc(-c4ccccc4)nc3)nc(NC[C@@H]3C[C@@H](O)CN3)nc12.CCc1cnn2c(NCc3ccc(-c4ccccc4)nc3)nc(N[C@@H](CO)[C@@H](O)CO)nc12.CCc1cnn2c(NCc3ccc(-c4ccccn4)cc3)nc(N[C@@H](CO)[C@@H](O)CO)nc12.CCc1cnn2c(NCc3ccc(-c4cccnc4)cc3)nc(N[C@@H](CO)[C@@H](O)CO)nc12. The van der Waals surface area contributed by atoms with Crippen LogP contribution in [0.25, 0.3) is 67.5 Å². The van der Waals surface area contributed by atoms with Gasteiger partial charge in [0, 0.05) is 115 Å². The number of β-amino-alcohol motifs (C(OH)–C–C–N with tert-alkyl or cyclic N) is 1. The molecule has 4 aromatic carbocycles. The van der Waals surface area contributed by atoms with Crippen molar-refractivity contribution in [2.24, 2.45) is 0 Å². The van der Waals surface area contributed by atoms with E-state index in [1.807, 2.05) is 191 Å². The Bertz CT molecular complexity index is 5870. The fraction of sp³-hybridized carbons (Fsp3) is 0.319. The Balaban J connectivity index is 0.000000142. The van der Waals surface area contributed by atoms with E-state index in [1.165, 1.54) is 0 Å². The van der Waals surface area contributed by atoms with Crippen molar-refractivity contribution in [3.05, 3.63) is 264 Å². The van der Waals surface area contributed by atoms with E-state index >= 15 is 0 Å². The molecule has 0 unspecified atom stereocenters. The predicted octanol–water partition coefficient (Wildman–Crippen LogP) is 7.52. The maximum absolute atomic E-state index is 9.91. The standard InChI is InChI=1S/C25H30N8O.3C23H27N7O3/c1-16(2)21-15-30-33-23(21)31-24(28-13-19-10-20(34)14-26-19)32-25(33)29-12-17-8-9-22(27-11-17)18-6-4-3-5-7-18;1-2-16-12-26-30-21(16)28-22(27-19(13-31)20(33)14-32)29-23(30)25-10-15-5-7-17(8-6-15)18-4-3-9-24-11-18;1-2-16-12-26-30-21(16)28-22(27-19(13-31)20(33)14-32)29-23(30)25-11-15-6-8-17(9-7-15)18-5-3-4-10-24-18;1-2-16-12-26-30-21(16)28-22(27-19(13-31)20(33)14-32)29-23(30)25-11-15-8-9-18(24-10-15)17-6-4-3-5-7-17/h3-9,11,15-16,19-20,26,34H,10,12-14H2,1-2H3,(H2,28,29,31,32);3-9,11-12,19-20,31-33H,2,10,13-14H2,1H3,(H2,25,27,28,29);2*3-10,12,19-20,31-33H,2,11,13-14H2,1H3,(H2,25,27,28,29)/t19-,20+;3*19-,20-/m0000/s1. The van der Waals surface area contributed by atoms with E-state index in [1.54, 1.807) is 49.0 Å². The first-order valence-corrected chi connectivity index (χ1v) is 44.0. The van der Waals surface area contributed by atoms with Gasteiger partial charge in [-0.2, -0.15) is 78.3 Å². The number of fused-ring (bicyclic) bond motifs is 4. The quantitative estimate of drug-likeness (QED) is 0.0178. The van der Waals surface area contributed by atoms with E-state index in [4.69, 9.17) is 9.97 Å². The Kier molecular flexibility index (Phi) is 33.1. The third kappa shape index (κ3) is 24.5. The molecule has 39 heteroatoms. The van der Waals surface area contributed by atoms with Gasteiger partial charge in [0.25, 0.3) is 0 Å². The van der Waals surface area contributed by atoms with Crippen LogP contribution in [0.4, 0.5) is 47.6 Å². The molecule has 1 aliphatic heterocycles. The first kappa shape index (κ1) is 94.7. The molecule has 0 amide bonds. The van der Waals surface area contributed by atoms with Crippen LogP contribution >= 0.6 is 0 Å². The van der Waals surface area contributed by atoms with E-state index in [-0.39, 0.29) is 49.1 Å². The number of benzene rings is 4. The summed E-state index contributed by atoms with van der Waals surface area (Å²) in [7, 11) is 0. The molecule has 0 bridgehead atoms. The van der Waals surface area contributed by atoms with E-state index in [9.17, 15) is 51.1 Å². The number of rotatable bonds is 38. The molecule has 19 N–H and O–H groups in total. The molecule has 0 radical (unpaired) electrons. The minimum atomic E-state index is -1.16. The normalized spacial score (nSPS) is 14.3. The lowest BCUT2D eigenvalue weighted by molar-refractivity contribution is 0.0609. The summed E-state index contributed by atoms with van der Waals surface area (Å²) in [6, 6.07) is 51.9. The summed E-state index contributed by atoms with van der Waals surface area (Å²) in [5, 5.41) is 142. The van der Waals surface area contributed by atoms with Crippen LogP contribution in [0, 0.1) is 0 Å². The first-order chi connectivity index (χ1) is 64.9. The van der Waals surface area contributed by atoms with Crippen molar-refractivity contribution in [2.45, 2.75) is 141 Å². The average molecular weight is 1810 g/mol. The van der Waals surface area contributed by atoms with Gasteiger partial charge in [0.15, 0.2) is 22.6 Å². The molecule has 0 saturated carbocycles. The number of aliphatic hydroxyl groups is 10. The summed E-state index contributed by atoms with van der Waals surface area (Å²) in [4.78, 5) is 54.1. The van der Waals surface area contributed by atoms with Crippen molar-refractivity contribution in [2.75, 3.05) is 95.3 Å². The lowest BCUT2D eigenvalue weighted by atomic mass is 10.1. The Hall–Kier alpha value is -14.4. The highest BCUT2D eigenvalue weighted by atomic mass is 16.3. The summed E-state index contributed by atoms with van der Waals surface area (Å²) < 4.78 is 6.63. The highest BCUT2D eigenvalue weighted by molar-refractivity contribution is 5.65. The van der Waals surface area contributed by atoms with Crippen LogP contribution in [0.3, 0.4) is 0 Å². The molecular weight excluding hydrogens is 1700 g/mol. The van der Waals surface area contributed by atoms with Gasteiger partial charge in [-0.3, -0.25) is 19.9 Å². The summed E-state index contributed by atoms with van der Waals surface area (Å²) >= 11 is 0. The van der Waals surface area contributed by atoms with E-state index in [0.29, 0.717) is 86.0 Å². The number of aromatic nitrogens is 20. The monoisotopic (exact) mass is 1810 g/mol. The Labute approximate surface area is 766 Å². The summed E-state index contributed by atoms with van der Waals surface area (Å²) in [5.41, 5.74) is 18.7. The molecule has 1 fully saturated rings. The highest BCUT2D eigenvalue weighted by Crippen LogP contribution is 2.29. The molecule has 39 nitrogen and oxygen atoms in total. The zero-order chi connectivity index (χ0) is 93.1. The third-order valence-corrected chi connectivity index (χ3v) is 22.1. The molecule has 692 valence electrons. The van der Waals surface area contributed by atoms with Crippen LogP contribution in [-0.2, 0) is 45.4 Å². The largest absolute Gasteiger partial charge is 0.394 e. The molecule has 8 atom stereocenters. The first-order valence-electron chi connectivity index (χ1n) is 44.0. The van der Waals surface area contributed by atoms with Crippen molar-refractivity contribution in [1.82, 2.24) is 104 Å². The molecule has 17 rings (SSSR count). The molecule has 1 aliphatic rings. The van der Waals surface area contributed by atoms with E-state index in [2.05, 4.69) is 150 Å². The minimum Gasteiger partial charge on any atom is -0.394 e. The summed E-state index contributed by atoms with van der Waals surface area (Å²) in [6.07, 6.45) is 15.3. The van der Waals surface area contributed by atoms with Gasteiger partial charge in [0.2, 0.25) is 47.6 Å². The lowest BCUT2D eigenvalue weighted by Gasteiger charge is -2.21. The molecule has 133 heavy (non-hydrogen) atoms. The second kappa shape index (κ2) is 46.4. The number of aryl methyl sites for hydroxylation is 3. The molecule has 0 spiro atoms. The zero-order valence-electron chi connectivity index (χ0n) is 74.2. The van der Waals surface area contributed by atoms with Crippen LogP contribution in [0.5, 0.6) is 0 Å². The number of hydrogen-bond donors (Lipinski definition) is 19. The van der Waals surface area contributed by atoms with Crippen LogP contribution in [0.1, 0.15) is 91.5 Å². The Morgan fingerprint density at radius 3 is 1.12 bits per heavy atom. The van der Waals surface area contributed by atoms with Gasteiger partial charge in [0.05, 0.1) is 124 Å². The molecule has 12 aromatic heterocycles. The van der Waals surface area contributed by atoms with E-state index < -0.39 is 62.9 Å². The summed E-state index contributed by atoms with van der Waals surface area (Å²) in [5.74, 6) is 3.48. The molecular formula is C94H111N29O10. The van der Waals surface area contributed by atoms with Gasteiger partial charge in [-0.1, -0.05) is 168 Å². The van der Waals surface area contributed by atoms with Gasteiger partial charge < -0.3 is 98.9 Å². The number of nitrogens with zero attached hydrogens (tertiary/aromatic N) is 20. The predicted molar refractivity (Wildman–Crippen MR) is 507 cm³/mol. The van der Waals surface area contributed by atoms with Gasteiger partial charge in [-0.05, 0) is 95.3 Å². The van der Waals surface area contributed by atoms with Crippen LogP contribution in [-0.4, -0.2) is 251 Å². The van der Waals surface area contributed by atoms with Crippen molar-refractivity contribution in [3.63, 3.8) is 0 Å². The van der Waals surface area contributed by atoms with Crippen LogP contribution in [0.2, 0.25) is 0 Å². The van der Waals surface area contributed by atoms with Crippen molar-refractivity contribution in [3.8, 4) is 44.9 Å². The maximum atomic E-state index is 9.91. The maximum Gasteiger partial charge on any atom is 0.229 e. The minimum absolute atomic E-state index is 0.190. The number of anilines is 8. The van der Waals surface area contributed by atoms with Gasteiger partial charge >= 0.3 is 0 Å². The van der Waals surface area contributed by atoms with Gasteiger partial charge in [-0.15, -0.1) is 0 Å². The number of nitrogens with one attached hydrogen (secondary N) is 9. The van der Waals surface area contributed by atoms with Crippen molar-refractivity contribution in [1.29, 1.82) is 0 Å². The topological polar surface area (TPSA) is 534 Å². The van der Waals surface area contributed by atoms with Gasteiger partial charge in [-0.25, -0.2) is 0 Å². The molecule has 0 aliphatic carbocycles. The van der Waals surface area contributed by atoms with E-state index in [0.717, 1.165) is 121 Å². The Morgan fingerprint density at radius 1 is 0.361 bits per heavy atom. The highest BCUT2D eigenvalue weighted by Gasteiger charge is 2.27. The number of pyridine rings is 4. The fourth-order valence-corrected chi connectivity index (χ4v) is 14.4. The molecule has 16 aromatic rings. The number of aliphatic hydroxyl groups excluding tert-OH is 10. The second-order valence-corrected chi connectivity index (χ2v) is 31.8. The van der Waals surface area contributed by atoms with Crippen LogP contribution < -0.4 is 47.9 Å².